The molecule has 0 saturated carbocycles. The lowest BCUT2D eigenvalue weighted by molar-refractivity contribution is -0.0191. The van der Waals surface area contributed by atoms with E-state index in [9.17, 15) is 9.90 Å². The zero-order valence-electron chi connectivity index (χ0n) is 11.9. The normalized spacial score (nSPS) is 12.3. The smallest absolute Gasteiger partial charge is 0.197 e. The minimum atomic E-state index is -0.815. The van der Waals surface area contributed by atoms with Gasteiger partial charge in [-0.25, -0.2) is 0 Å². The van der Waals surface area contributed by atoms with Crippen molar-refractivity contribution in [2.75, 3.05) is 0 Å². The molecule has 0 spiro atoms. The first-order valence-corrected chi connectivity index (χ1v) is 6.91. The molecule has 0 fully saturated rings. The van der Waals surface area contributed by atoms with Gasteiger partial charge in [0.1, 0.15) is 5.75 Å². The van der Waals surface area contributed by atoms with Crippen molar-refractivity contribution < 1.29 is 14.6 Å². The second kappa shape index (κ2) is 7.41. The molecule has 0 aliphatic heterocycles. The fourth-order valence-corrected chi connectivity index (χ4v) is 1.77. The van der Waals surface area contributed by atoms with E-state index >= 15 is 0 Å². The standard InChI is InChI=1S/C18H18O3/c1-2-18(20)21-16-11-9-15(10-12-16)17(19)13-8-14-6-4-3-5-7-14/h3-13,18,20H,2H2,1H3. The second-order valence-electron chi connectivity index (χ2n) is 4.61. The van der Waals surface area contributed by atoms with Gasteiger partial charge >= 0.3 is 0 Å². The van der Waals surface area contributed by atoms with Crippen LogP contribution >= 0.6 is 0 Å². The van der Waals surface area contributed by atoms with Gasteiger partial charge in [0.05, 0.1) is 0 Å². The molecule has 0 amide bonds. The fraction of sp³-hybridized carbons (Fsp3) is 0.167. The minimum Gasteiger partial charge on any atom is -0.465 e. The largest absolute Gasteiger partial charge is 0.465 e. The summed E-state index contributed by atoms with van der Waals surface area (Å²) in [5, 5.41) is 9.40. The monoisotopic (exact) mass is 282 g/mol. The second-order valence-corrected chi connectivity index (χ2v) is 4.61. The van der Waals surface area contributed by atoms with Crippen molar-refractivity contribution in [2.24, 2.45) is 0 Å². The van der Waals surface area contributed by atoms with Crippen LogP contribution in [0.25, 0.3) is 6.08 Å². The van der Waals surface area contributed by atoms with E-state index < -0.39 is 6.29 Å². The van der Waals surface area contributed by atoms with Crippen LogP contribution in [-0.4, -0.2) is 17.2 Å². The van der Waals surface area contributed by atoms with Gasteiger partial charge in [0.2, 0.25) is 0 Å². The number of rotatable bonds is 6. The van der Waals surface area contributed by atoms with Gasteiger partial charge in [0.25, 0.3) is 0 Å². The first-order valence-electron chi connectivity index (χ1n) is 6.91. The lowest BCUT2D eigenvalue weighted by Gasteiger charge is -2.11. The average Bonchev–Trinajstić information content (AvgIpc) is 2.54. The maximum absolute atomic E-state index is 12.0. The van der Waals surface area contributed by atoms with Crippen LogP contribution in [-0.2, 0) is 0 Å². The van der Waals surface area contributed by atoms with Gasteiger partial charge in [-0.05, 0) is 35.9 Å². The highest BCUT2D eigenvalue weighted by Crippen LogP contribution is 2.15. The molecule has 0 saturated heterocycles. The molecule has 0 aliphatic carbocycles. The summed E-state index contributed by atoms with van der Waals surface area (Å²) in [7, 11) is 0. The van der Waals surface area contributed by atoms with Crippen molar-refractivity contribution in [3.05, 3.63) is 71.8 Å². The molecule has 2 rings (SSSR count). The van der Waals surface area contributed by atoms with Crippen LogP contribution in [0.1, 0.15) is 29.3 Å². The number of carbonyl (C=O) groups excluding carboxylic acids is 1. The number of allylic oxidation sites excluding steroid dienone is 1. The Balaban J connectivity index is 2.01. The summed E-state index contributed by atoms with van der Waals surface area (Å²) in [6.45, 7) is 1.83. The summed E-state index contributed by atoms with van der Waals surface area (Å²) in [5.41, 5.74) is 1.57. The van der Waals surface area contributed by atoms with E-state index in [-0.39, 0.29) is 5.78 Å². The summed E-state index contributed by atoms with van der Waals surface area (Å²) in [5.74, 6) is 0.481. The van der Waals surface area contributed by atoms with Crippen molar-refractivity contribution in [2.45, 2.75) is 19.6 Å². The summed E-state index contributed by atoms with van der Waals surface area (Å²) < 4.78 is 5.25. The van der Waals surface area contributed by atoms with Gasteiger partial charge in [0.15, 0.2) is 12.1 Å². The van der Waals surface area contributed by atoms with Gasteiger partial charge in [-0.1, -0.05) is 43.3 Å². The average molecular weight is 282 g/mol. The molecule has 1 atom stereocenters. The van der Waals surface area contributed by atoms with Crippen LogP contribution < -0.4 is 4.74 Å². The summed E-state index contributed by atoms with van der Waals surface area (Å²) in [6.07, 6.45) is 3.03. The summed E-state index contributed by atoms with van der Waals surface area (Å²) >= 11 is 0. The number of carbonyl (C=O) groups is 1. The molecule has 0 radical (unpaired) electrons. The molecule has 21 heavy (non-hydrogen) atoms. The van der Waals surface area contributed by atoms with E-state index in [4.69, 9.17) is 4.74 Å². The molecule has 2 aromatic carbocycles. The van der Waals surface area contributed by atoms with Crippen LogP contribution in [0.4, 0.5) is 0 Å². The Morgan fingerprint density at radius 2 is 1.81 bits per heavy atom. The number of aliphatic hydroxyl groups is 1. The molecule has 0 bridgehead atoms. The Labute approximate surface area is 124 Å². The van der Waals surface area contributed by atoms with Crippen LogP contribution in [0.3, 0.4) is 0 Å². The lowest BCUT2D eigenvalue weighted by atomic mass is 10.1. The molecular weight excluding hydrogens is 264 g/mol. The zero-order chi connectivity index (χ0) is 15.1. The van der Waals surface area contributed by atoms with Crippen molar-refractivity contribution in [1.82, 2.24) is 0 Å². The van der Waals surface area contributed by atoms with Gasteiger partial charge in [-0.15, -0.1) is 0 Å². The van der Waals surface area contributed by atoms with E-state index in [0.29, 0.717) is 17.7 Å². The van der Waals surface area contributed by atoms with Crippen molar-refractivity contribution in [3.8, 4) is 5.75 Å². The molecule has 3 nitrogen and oxygen atoms in total. The van der Waals surface area contributed by atoms with Gasteiger partial charge in [0, 0.05) is 12.0 Å². The maximum Gasteiger partial charge on any atom is 0.197 e. The third-order valence-electron chi connectivity index (χ3n) is 2.99. The van der Waals surface area contributed by atoms with E-state index in [2.05, 4.69) is 0 Å². The highest BCUT2D eigenvalue weighted by atomic mass is 16.6. The van der Waals surface area contributed by atoms with Crippen LogP contribution in [0.5, 0.6) is 5.75 Å². The Bertz CT molecular complexity index is 600. The predicted molar refractivity (Wildman–Crippen MR) is 83.2 cm³/mol. The Kier molecular flexibility index (Phi) is 5.29. The quantitative estimate of drug-likeness (QED) is 0.499. The van der Waals surface area contributed by atoms with Crippen molar-refractivity contribution >= 4 is 11.9 Å². The van der Waals surface area contributed by atoms with E-state index in [1.54, 1.807) is 36.4 Å². The van der Waals surface area contributed by atoms with Crippen LogP contribution in [0, 0.1) is 0 Å². The number of ether oxygens (including phenoxy) is 1. The van der Waals surface area contributed by atoms with Crippen LogP contribution in [0.2, 0.25) is 0 Å². The molecular formula is C18H18O3. The maximum atomic E-state index is 12.0. The van der Waals surface area contributed by atoms with Crippen molar-refractivity contribution in [3.63, 3.8) is 0 Å². The highest BCUT2D eigenvalue weighted by Gasteiger charge is 2.05. The third kappa shape index (κ3) is 4.58. The molecule has 3 heteroatoms. The number of ketones is 1. The first-order chi connectivity index (χ1) is 10.2. The highest BCUT2D eigenvalue weighted by molar-refractivity contribution is 6.06. The number of benzene rings is 2. The topological polar surface area (TPSA) is 46.5 Å². The molecule has 0 aromatic heterocycles. The molecule has 0 heterocycles. The molecule has 2 aromatic rings. The lowest BCUT2D eigenvalue weighted by Crippen LogP contribution is -2.13. The van der Waals surface area contributed by atoms with Crippen LogP contribution in [0.15, 0.2) is 60.7 Å². The van der Waals surface area contributed by atoms with E-state index in [1.165, 1.54) is 0 Å². The Morgan fingerprint density at radius 1 is 1.14 bits per heavy atom. The molecule has 0 aliphatic rings. The number of aliphatic hydroxyl groups excluding tert-OH is 1. The predicted octanol–water partition coefficient (Wildman–Crippen LogP) is 3.69. The zero-order valence-corrected chi connectivity index (χ0v) is 11.9. The number of hydrogen-bond acceptors (Lipinski definition) is 3. The fourth-order valence-electron chi connectivity index (χ4n) is 1.77. The Morgan fingerprint density at radius 3 is 2.43 bits per heavy atom. The SMILES string of the molecule is CCC(O)Oc1ccc(C(=O)C=Cc2ccccc2)cc1. The number of hydrogen-bond donors (Lipinski definition) is 1. The summed E-state index contributed by atoms with van der Waals surface area (Å²) in [6, 6.07) is 16.4. The third-order valence-corrected chi connectivity index (χ3v) is 2.99. The van der Waals surface area contributed by atoms with Gasteiger partial charge < -0.3 is 9.84 Å². The van der Waals surface area contributed by atoms with Gasteiger partial charge in [-0.2, -0.15) is 0 Å². The van der Waals surface area contributed by atoms with E-state index in [0.717, 1.165) is 5.56 Å². The van der Waals surface area contributed by atoms with Gasteiger partial charge in [-0.3, -0.25) is 4.79 Å². The first kappa shape index (κ1) is 15.0. The van der Waals surface area contributed by atoms with E-state index in [1.807, 2.05) is 37.3 Å². The van der Waals surface area contributed by atoms with Crippen molar-refractivity contribution in [1.29, 1.82) is 0 Å². The molecule has 1 unspecified atom stereocenters. The summed E-state index contributed by atoms with van der Waals surface area (Å²) in [4.78, 5) is 12.0. The minimum absolute atomic E-state index is 0.0681. The molecule has 108 valence electrons. The Hall–Kier alpha value is -2.39. The molecule has 1 N–H and O–H groups in total.